The van der Waals surface area contributed by atoms with E-state index in [0.717, 1.165) is 49.3 Å². The number of piperidine rings is 1. The Morgan fingerprint density at radius 3 is 2.60 bits per heavy atom. The van der Waals surface area contributed by atoms with E-state index in [0.29, 0.717) is 23.3 Å². The fraction of sp³-hybridized carbons (Fsp3) is 0.333. The molecule has 1 atom stereocenters. The van der Waals surface area contributed by atoms with Gasteiger partial charge >= 0.3 is 6.09 Å². The summed E-state index contributed by atoms with van der Waals surface area (Å²) in [5.74, 6) is 1.35. The number of rotatable bonds is 6. The minimum absolute atomic E-state index is 0.0923. The zero-order valence-corrected chi connectivity index (χ0v) is 20.3. The van der Waals surface area contributed by atoms with E-state index in [1.54, 1.807) is 24.3 Å². The van der Waals surface area contributed by atoms with Crippen LogP contribution in [-0.4, -0.2) is 51.7 Å². The van der Waals surface area contributed by atoms with Gasteiger partial charge in [0.25, 0.3) is 0 Å². The highest BCUT2D eigenvalue weighted by Gasteiger charge is 2.40. The maximum atomic E-state index is 12.6. The standard InChI is InChI=1S/C27H28ClN3O4/c1-18-20(5-10-26(29-18)35-24-8-6-23(32)7-9-24)16-30-13-11-22(12-14-30)31-25(17-34-27(31)33)19-3-2-4-21(28)15-19/h2-10,15,22,25,32H,11-14,16-17H2,1H3/t25-/m0/s1. The van der Waals surface area contributed by atoms with Crippen molar-refractivity contribution in [2.75, 3.05) is 19.7 Å². The van der Waals surface area contributed by atoms with E-state index < -0.39 is 0 Å². The van der Waals surface area contributed by atoms with Crippen LogP contribution in [0.3, 0.4) is 0 Å². The van der Waals surface area contributed by atoms with Gasteiger partial charge in [-0.1, -0.05) is 29.8 Å². The molecular weight excluding hydrogens is 466 g/mol. The molecule has 182 valence electrons. The van der Waals surface area contributed by atoms with Gasteiger partial charge in [-0.25, -0.2) is 9.78 Å². The molecule has 0 aliphatic carbocycles. The molecule has 0 unspecified atom stereocenters. The van der Waals surface area contributed by atoms with Gasteiger partial charge in [-0.05, 0) is 67.3 Å². The lowest BCUT2D eigenvalue weighted by Crippen LogP contribution is -2.46. The third kappa shape index (κ3) is 5.36. The van der Waals surface area contributed by atoms with E-state index in [1.165, 1.54) is 0 Å². The third-order valence-electron chi connectivity index (χ3n) is 6.72. The number of hydrogen-bond acceptors (Lipinski definition) is 6. The molecular formula is C27H28ClN3O4. The Hall–Kier alpha value is -3.29. The fourth-order valence-corrected chi connectivity index (χ4v) is 5.03. The minimum atomic E-state index is -0.238. The third-order valence-corrected chi connectivity index (χ3v) is 6.95. The predicted octanol–water partition coefficient (Wildman–Crippen LogP) is 5.70. The zero-order valence-electron chi connectivity index (χ0n) is 19.6. The number of cyclic esters (lactones) is 1. The van der Waals surface area contributed by atoms with Gasteiger partial charge < -0.3 is 14.6 Å². The topological polar surface area (TPSA) is 75.1 Å². The van der Waals surface area contributed by atoms with E-state index in [4.69, 9.17) is 21.1 Å². The number of ether oxygens (including phenoxy) is 2. The van der Waals surface area contributed by atoms with Crippen LogP contribution in [0.1, 0.15) is 35.7 Å². The highest BCUT2D eigenvalue weighted by atomic mass is 35.5. The van der Waals surface area contributed by atoms with Crippen molar-refractivity contribution in [3.63, 3.8) is 0 Å². The van der Waals surface area contributed by atoms with Crippen molar-refractivity contribution in [2.24, 2.45) is 0 Å². The Bertz CT molecular complexity index is 1200. The summed E-state index contributed by atoms with van der Waals surface area (Å²) in [6.45, 7) is 4.93. The number of hydrogen-bond donors (Lipinski definition) is 1. The lowest BCUT2D eigenvalue weighted by Gasteiger charge is -2.38. The van der Waals surface area contributed by atoms with Crippen molar-refractivity contribution < 1.29 is 19.4 Å². The van der Waals surface area contributed by atoms with E-state index in [-0.39, 0.29) is 23.9 Å². The molecule has 3 heterocycles. The number of likely N-dealkylation sites (tertiary alicyclic amines) is 1. The fourth-order valence-electron chi connectivity index (χ4n) is 4.83. The number of amides is 1. The quantitative estimate of drug-likeness (QED) is 0.474. The van der Waals surface area contributed by atoms with Crippen LogP contribution in [0, 0.1) is 6.92 Å². The Morgan fingerprint density at radius 2 is 1.89 bits per heavy atom. The normalized spacial score (nSPS) is 19.1. The Balaban J connectivity index is 1.19. The van der Waals surface area contributed by atoms with E-state index in [2.05, 4.69) is 16.0 Å². The van der Waals surface area contributed by atoms with Gasteiger partial charge in [-0.2, -0.15) is 0 Å². The second kappa shape index (κ2) is 10.1. The van der Waals surface area contributed by atoms with Gasteiger partial charge in [0.2, 0.25) is 5.88 Å². The maximum absolute atomic E-state index is 12.6. The molecule has 35 heavy (non-hydrogen) atoms. The molecule has 2 aliphatic heterocycles. The molecule has 1 N–H and O–H groups in total. The first-order valence-corrected chi connectivity index (χ1v) is 12.2. The number of nitrogens with zero attached hydrogens (tertiary/aromatic N) is 3. The number of aromatic hydroxyl groups is 1. The number of aromatic nitrogens is 1. The van der Waals surface area contributed by atoms with Crippen LogP contribution in [-0.2, 0) is 11.3 Å². The van der Waals surface area contributed by atoms with Gasteiger partial charge in [0.1, 0.15) is 18.1 Å². The molecule has 0 radical (unpaired) electrons. The smallest absolute Gasteiger partial charge is 0.410 e. The van der Waals surface area contributed by atoms with Crippen LogP contribution in [0.2, 0.25) is 5.02 Å². The molecule has 2 aromatic carbocycles. The lowest BCUT2D eigenvalue weighted by molar-refractivity contribution is 0.104. The predicted molar refractivity (Wildman–Crippen MR) is 133 cm³/mol. The van der Waals surface area contributed by atoms with Crippen LogP contribution in [0.5, 0.6) is 17.4 Å². The maximum Gasteiger partial charge on any atom is 0.410 e. The van der Waals surface area contributed by atoms with Crippen molar-refractivity contribution in [2.45, 2.75) is 38.4 Å². The summed E-state index contributed by atoms with van der Waals surface area (Å²) in [7, 11) is 0. The zero-order chi connectivity index (χ0) is 24.4. The summed E-state index contributed by atoms with van der Waals surface area (Å²) in [6.07, 6.45) is 1.54. The largest absolute Gasteiger partial charge is 0.508 e. The van der Waals surface area contributed by atoms with Gasteiger partial charge in [0.05, 0.1) is 6.04 Å². The summed E-state index contributed by atoms with van der Waals surface area (Å²) < 4.78 is 11.2. The van der Waals surface area contributed by atoms with Gasteiger partial charge in [-0.15, -0.1) is 0 Å². The van der Waals surface area contributed by atoms with E-state index >= 15 is 0 Å². The van der Waals surface area contributed by atoms with Crippen molar-refractivity contribution in [1.29, 1.82) is 0 Å². The number of halogens is 1. The lowest BCUT2D eigenvalue weighted by atomic mass is 9.98. The summed E-state index contributed by atoms with van der Waals surface area (Å²) in [4.78, 5) is 21.5. The molecule has 0 bridgehead atoms. The summed E-state index contributed by atoms with van der Waals surface area (Å²) in [6, 6.07) is 18.2. The Kier molecular flexibility index (Phi) is 6.79. The summed E-state index contributed by atoms with van der Waals surface area (Å²) in [5, 5.41) is 10.1. The molecule has 2 saturated heterocycles. The van der Waals surface area contributed by atoms with Crippen molar-refractivity contribution in [1.82, 2.24) is 14.8 Å². The summed E-state index contributed by atoms with van der Waals surface area (Å²) >= 11 is 6.18. The molecule has 2 aliphatic rings. The van der Waals surface area contributed by atoms with E-state index in [1.807, 2.05) is 42.2 Å². The van der Waals surface area contributed by atoms with Gasteiger partial charge in [0.15, 0.2) is 0 Å². The number of aryl methyl sites for hydroxylation is 1. The number of phenolic OH excluding ortho intramolecular Hbond substituents is 1. The van der Waals surface area contributed by atoms with Crippen LogP contribution in [0.4, 0.5) is 4.79 Å². The molecule has 2 fully saturated rings. The molecule has 5 rings (SSSR count). The molecule has 0 spiro atoms. The Labute approximate surface area is 209 Å². The highest BCUT2D eigenvalue weighted by Crippen LogP contribution is 2.34. The number of phenols is 1. The van der Waals surface area contributed by atoms with Crippen LogP contribution in [0.25, 0.3) is 0 Å². The monoisotopic (exact) mass is 493 g/mol. The average molecular weight is 494 g/mol. The van der Waals surface area contributed by atoms with Crippen LogP contribution in [0.15, 0.2) is 60.7 Å². The molecule has 3 aromatic rings. The first kappa shape index (κ1) is 23.5. The average Bonchev–Trinajstić information content (AvgIpc) is 3.24. The number of pyridine rings is 1. The van der Waals surface area contributed by atoms with Crippen LogP contribution < -0.4 is 4.74 Å². The SMILES string of the molecule is Cc1nc(Oc2ccc(O)cc2)ccc1CN1CCC(N2C(=O)OC[C@H]2c2cccc(Cl)c2)CC1. The number of benzene rings is 2. The van der Waals surface area contributed by atoms with Crippen molar-refractivity contribution in [3.8, 4) is 17.4 Å². The molecule has 7 nitrogen and oxygen atoms in total. The van der Waals surface area contributed by atoms with Crippen LogP contribution >= 0.6 is 11.6 Å². The number of carbonyl (C=O) groups is 1. The van der Waals surface area contributed by atoms with Crippen molar-refractivity contribution in [3.05, 3.63) is 82.5 Å². The second-order valence-electron chi connectivity index (χ2n) is 9.05. The molecule has 0 saturated carbocycles. The molecule has 8 heteroatoms. The Morgan fingerprint density at radius 1 is 1.11 bits per heavy atom. The van der Waals surface area contributed by atoms with Gasteiger partial charge in [-0.3, -0.25) is 9.80 Å². The summed E-state index contributed by atoms with van der Waals surface area (Å²) in [5.41, 5.74) is 3.09. The number of carbonyl (C=O) groups excluding carboxylic acids is 1. The highest BCUT2D eigenvalue weighted by molar-refractivity contribution is 6.30. The van der Waals surface area contributed by atoms with Gasteiger partial charge in [0, 0.05) is 42.5 Å². The minimum Gasteiger partial charge on any atom is -0.508 e. The van der Waals surface area contributed by atoms with Crippen molar-refractivity contribution >= 4 is 17.7 Å². The first-order valence-electron chi connectivity index (χ1n) is 11.8. The molecule has 1 aromatic heterocycles. The van der Waals surface area contributed by atoms with E-state index in [9.17, 15) is 9.90 Å². The first-order chi connectivity index (χ1) is 17.0. The second-order valence-corrected chi connectivity index (χ2v) is 9.49. The molecule has 1 amide bonds.